The van der Waals surface area contributed by atoms with Gasteiger partial charge in [0.25, 0.3) is 5.69 Å². The van der Waals surface area contributed by atoms with Crippen molar-refractivity contribution >= 4 is 16.5 Å². The highest BCUT2D eigenvalue weighted by molar-refractivity contribution is 5.97. The lowest BCUT2D eigenvalue weighted by molar-refractivity contribution is -0.383. The van der Waals surface area contributed by atoms with Gasteiger partial charge in [-0.25, -0.2) is 0 Å². The van der Waals surface area contributed by atoms with Crippen LogP contribution in [0.3, 0.4) is 0 Å². The Morgan fingerprint density at radius 2 is 1.56 bits per heavy atom. The number of aromatic hydroxyl groups is 2. The molecule has 0 amide bonds. The van der Waals surface area contributed by atoms with Gasteiger partial charge in [-0.3, -0.25) is 14.7 Å². The van der Waals surface area contributed by atoms with Crippen molar-refractivity contribution in [2.24, 2.45) is 0 Å². The van der Waals surface area contributed by atoms with Crippen LogP contribution < -0.4 is 0 Å². The molecule has 0 spiro atoms. The predicted octanol–water partition coefficient (Wildman–Crippen LogP) is 4.20. The fraction of sp³-hybridized carbons (Fsp3) is 0.300. The molecule has 1 fully saturated rings. The number of hydrogen-bond donors (Lipinski definition) is 2. The summed E-state index contributed by atoms with van der Waals surface area (Å²) in [7, 11) is 0. The van der Waals surface area contributed by atoms with E-state index >= 15 is 0 Å². The number of aromatic nitrogens is 1. The molecule has 0 aliphatic carbocycles. The van der Waals surface area contributed by atoms with Crippen molar-refractivity contribution in [2.75, 3.05) is 0 Å². The first-order valence-electron chi connectivity index (χ1n) is 8.81. The van der Waals surface area contributed by atoms with Gasteiger partial charge in [0.1, 0.15) is 0 Å². The van der Waals surface area contributed by atoms with Crippen LogP contribution in [0.25, 0.3) is 16.5 Å². The third kappa shape index (κ3) is 1.84. The molecule has 27 heavy (non-hydrogen) atoms. The molecule has 1 aromatic heterocycles. The van der Waals surface area contributed by atoms with Gasteiger partial charge < -0.3 is 14.9 Å². The van der Waals surface area contributed by atoms with Crippen molar-refractivity contribution < 1.29 is 19.9 Å². The lowest BCUT2D eigenvalue weighted by Crippen LogP contribution is -2.17. The highest BCUT2D eigenvalue weighted by atomic mass is 16.6. The van der Waals surface area contributed by atoms with Gasteiger partial charge in [-0.1, -0.05) is 18.2 Å². The fourth-order valence-corrected chi connectivity index (χ4v) is 4.83. The zero-order valence-electron chi connectivity index (χ0n) is 14.9. The molecule has 7 nitrogen and oxygen atoms in total. The minimum atomic E-state index is -0.645. The molecule has 0 radical (unpaired) electrons. The van der Waals surface area contributed by atoms with Crippen LogP contribution in [0.4, 0.5) is 5.69 Å². The number of non-ortho nitro benzene ring substituents is 1. The normalized spacial score (nSPS) is 25.9. The molecule has 7 heteroatoms. The molecule has 1 saturated heterocycles. The number of rotatable bonds is 2. The van der Waals surface area contributed by atoms with Crippen molar-refractivity contribution in [3.05, 3.63) is 57.6 Å². The monoisotopic (exact) mass is 366 g/mol. The molecule has 2 aliphatic heterocycles. The highest BCUT2D eigenvalue weighted by Gasteiger charge is 2.59. The molecular formula is C20H18N2O5. The third-order valence-electron chi connectivity index (χ3n) is 6.02. The summed E-state index contributed by atoms with van der Waals surface area (Å²) in [6.45, 7) is 3.84. The fourth-order valence-electron chi connectivity index (χ4n) is 4.83. The second-order valence-electron chi connectivity index (χ2n) is 7.70. The summed E-state index contributed by atoms with van der Waals surface area (Å²) in [5.74, 6) is -0.153. The molecular weight excluding hydrogens is 348 g/mol. The standard InChI is InChI=1S/C20H18N2O5/c1-19-9-10-20(2,27-19)16-15(19)17(23)21(18(16)24)13-7-8-14(22(25)26)12-6-4-3-5-11(12)13/h3-8,23-24H,9-10H2,1-2H3/t19-,20+. The summed E-state index contributed by atoms with van der Waals surface area (Å²) in [5, 5.41) is 34.4. The number of nitrogens with zero attached hydrogens (tertiary/aromatic N) is 2. The Kier molecular flexibility index (Phi) is 2.87. The minimum absolute atomic E-state index is 0.0182. The predicted molar refractivity (Wildman–Crippen MR) is 98.3 cm³/mol. The van der Waals surface area contributed by atoms with E-state index in [0.29, 0.717) is 27.6 Å². The van der Waals surface area contributed by atoms with Crippen molar-refractivity contribution in [1.82, 2.24) is 4.57 Å². The molecule has 2 atom stereocenters. The number of ether oxygens (including phenoxy) is 1. The van der Waals surface area contributed by atoms with Crippen LogP contribution in [0.5, 0.6) is 11.8 Å². The summed E-state index contributed by atoms with van der Waals surface area (Å²) >= 11 is 0. The van der Waals surface area contributed by atoms with Gasteiger partial charge >= 0.3 is 0 Å². The second kappa shape index (κ2) is 4.80. The molecule has 2 bridgehead atoms. The zero-order valence-corrected chi connectivity index (χ0v) is 14.9. The topological polar surface area (TPSA) is 97.8 Å². The first-order valence-corrected chi connectivity index (χ1v) is 8.81. The number of hydrogen-bond acceptors (Lipinski definition) is 5. The first-order chi connectivity index (χ1) is 12.8. The summed E-state index contributed by atoms with van der Waals surface area (Å²) in [4.78, 5) is 10.9. The molecule has 2 aliphatic rings. The molecule has 2 N–H and O–H groups in total. The van der Waals surface area contributed by atoms with E-state index in [1.165, 1.54) is 10.6 Å². The molecule has 138 valence electrons. The van der Waals surface area contributed by atoms with Crippen LogP contribution in [0.1, 0.15) is 37.8 Å². The maximum Gasteiger partial charge on any atom is 0.277 e. The summed E-state index contributed by atoms with van der Waals surface area (Å²) in [6, 6.07) is 9.87. The van der Waals surface area contributed by atoms with Gasteiger partial charge in [0.15, 0.2) is 0 Å². The molecule has 3 aromatic rings. The van der Waals surface area contributed by atoms with Crippen molar-refractivity contribution in [2.45, 2.75) is 37.9 Å². The molecule has 2 aromatic carbocycles. The Labute approximate surface area is 154 Å². The largest absolute Gasteiger partial charge is 0.494 e. The van der Waals surface area contributed by atoms with Gasteiger partial charge in [-0.05, 0) is 38.8 Å². The Hall–Kier alpha value is -3.06. The molecule has 5 rings (SSSR count). The zero-order chi connectivity index (χ0) is 19.1. The van der Waals surface area contributed by atoms with E-state index in [0.717, 1.165) is 12.8 Å². The highest BCUT2D eigenvalue weighted by Crippen LogP contribution is 2.64. The van der Waals surface area contributed by atoms with Crippen molar-refractivity contribution in [3.63, 3.8) is 0 Å². The summed E-state index contributed by atoms with van der Waals surface area (Å²) < 4.78 is 7.50. The van der Waals surface area contributed by atoms with E-state index in [1.807, 2.05) is 13.8 Å². The Morgan fingerprint density at radius 3 is 2.11 bits per heavy atom. The minimum Gasteiger partial charge on any atom is -0.494 e. The van der Waals surface area contributed by atoms with Gasteiger partial charge in [-0.2, -0.15) is 0 Å². The van der Waals surface area contributed by atoms with Crippen LogP contribution >= 0.6 is 0 Å². The van der Waals surface area contributed by atoms with Crippen molar-refractivity contribution in [3.8, 4) is 17.4 Å². The van der Waals surface area contributed by atoms with Crippen LogP contribution in [0.2, 0.25) is 0 Å². The van der Waals surface area contributed by atoms with Crippen molar-refractivity contribution in [1.29, 1.82) is 0 Å². The van der Waals surface area contributed by atoms with Crippen LogP contribution in [-0.4, -0.2) is 19.7 Å². The first kappa shape index (κ1) is 16.1. The van der Waals surface area contributed by atoms with E-state index in [2.05, 4.69) is 0 Å². The quantitative estimate of drug-likeness (QED) is 0.523. The number of nitro benzene ring substituents is 1. The van der Waals surface area contributed by atoms with E-state index in [9.17, 15) is 20.3 Å². The van der Waals surface area contributed by atoms with E-state index in [-0.39, 0.29) is 17.4 Å². The van der Waals surface area contributed by atoms with Crippen LogP contribution in [-0.2, 0) is 15.9 Å². The lowest BCUT2D eigenvalue weighted by Gasteiger charge is -2.21. The van der Waals surface area contributed by atoms with E-state index < -0.39 is 16.1 Å². The molecule has 0 unspecified atom stereocenters. The summed E-state index contributed by atoms with van der Waals surface area (Å²) in [6.07, 6.45) is 1.52. The maximum absolute atomic E-state index is 11.4. The average molecular weight is 366 g/mol. The molecule has 3 heterocycles. The van der Waals surface area contributed by atoms with Gasteiger partial charge in [0, 0.05) is 11.5 Å². The second-order valence-corrected chi connectivity index (χ2v) is 7.70. The number of benzene rings is 2. The Bertz CT molecular complexity index is 1110. The maximum atomic E-state index is 11.4. The SMILES string of the molecule is C[C@]12CC[C@](C)(O1)c1c2c(O)n(-c2ccc([N+](=O)[O-])c3ccccc23)c1O. The average Bonchev–Trinajstić information content (AvgIpc) is 3.18. The molecule has 0 saturated carbocycles. The third-order valence-corrected chi connectivity index (χ3v) is 6.02. The van der Waals surface area contributed by atoms with E-state index in [4.69, 9.17) is 4.74 Å². The number of fused-ring (bicyclic) bond motifs is 6. The van der Waals surface area contributed by atoms with Gasteiger partial charge in [0.05, 0.1) is 38.3 Å². The van der Waals surface area contributed by atoms with E-state index in [1.54, 1.807) is 30.3 Å². The Balaban J connectivity index is 1.85. The summed E-state index contributed by atoms with van der Waals surface area (Å²) in [5.41, 5.74) is 0.399. The van der Waals surface area contributed by atoms with Crippen LogP contribution in [0, 0.1) is 10.1 Å². The van der Waals surface area contributed by atoms with Gasteiger partial charge in [-0.15, -0.1) is 0 Å². The number of nitro groups is 1. The lowest BCUT2D eigenvalue weighted by atomic mass is 9.80. The van der Waals surface area contributed by atoms with Gasteiger partial charge in [0.2, 0.25) is 11.8 Å². The van der Waals surface area contributed by atoms with Crippen LogP contribution in [0.15, 0.2) is 36.4 Å². The smallest absolute Gasteiger partial charge is 0.277 e. The Morgan fingerprint density at radius 1 is 1.00 bits per heavy atom.